The van der Waals surface area contributed by atoms with Crippen LogP contribution in [0.2, 0.25) is 0 Å². The quantitative estimate of drug-likeness (QED) is 0.773. The molecule has 0 fully saturated rings. The van der Waals surface area contributed by atoms with Crippen molar-refractivity contribution in [1.82, 2.24) is 15.0 Å². The Morgan fingerprint density at radius 3 is 2.50 bits per heavy atom. The Kier molecular flexibility index (Phi) is 2.86. The zero-order valence-corrected chi connectivity index (χ0v) is 10.3. The van der Waals surface area contributed by atoms with Gasteiger partial charge >= 0.3 is 0 Å². The summed E-state index contributed by atoms with van der Waals surface area (Å²) in [5, 5.41) is 1.08. The second-order valence-electron chi connectivity index (χ2n) is 4.36. The van der Waals surface area contributed by atoms with Crippen molar-refractivity contribution in [3.8, 4) is 0 Å². The van der Waals surface area contributed by atoms with Crippen LogP contribution in [0.3, 0.4) is 0 Å². The van der Waals surface area contributed by atoms with Gasteiger partial charge in [-0.15, -0.1) is 0 Å². The standard InChI is InChI=1S/C13H17N3/c1-5-11-10-7-6-9(4)14-13(10)16-12(15-11)8(2)3/h6-8H,5H2,1-4H3. The fourth-order valence-corrected chi connectivity index (χ4v) is 1.71. The second-order valence-corrected chi connectivity index (χ2v) is 4.36. The summed E-state index contributed by atoms with van der Waals surface area (Å²) in [4.78, 5) is 13.6. The van der Waals surface area contributed by atoms with Crippen LogP contribution in [0.4, 0.5) is 0 Å². The summed E-state index contributed by atoms with van der Waals surface area (Å²) in [5.74, 6) is 1.24. The fraction of sp³-hybridized carbons (Fsp3) is 0.462. The molecule has 2 aromatic rings. The summed E-state index contributed by atoms with van der Waals surface area (Å²) >= 11 is 0. The molecule has 84 valence electrons. The molecule has 0 aliphatic carbocycles. The van der Waals surface area contributed by atoms with E-state index >= 15 is 0 Å². The predicted octanol–water partition coefficient (Wildman–Crippen LogP) is 3.02. The first-order chi connectivity index (χ1) is 7.61. The van der Waals surface area contributed by atoms with Gasteiger partial charge < -0.3 is 0 Å². The van der Waals surface area contributed by atoms with Crippen molar-refractivity contribution in [3.63, 3.8) is 0 Å². The predicted molar refractivity (Wildman–Crippen MR) is 65.5 cm³/mol. The van der Waals surface area contributed by atoms with Gasteiger partial charge in [0.1, 0.15) is 5.82 Å². The van der Waals surface area contributed by atoms with Crippen LogP contribution < -0.4 is 0 Å². The number of rotatable bonds is 2. The Labute approximate surface area is 96.0 Å². The van der Waals surface area contributed by atoms with E-state index in [0.717, 1.165) is 34.7 Å². The molecule has 0 aliphatic rings. The lowest BCUT2D eigenvalue weighted by Gasteiger charge is -2.09. The van der Waals surface area contributed by atoms with Gasteiger partial charge in [0.15, 0.2) is 5.65 Å². The van der Waals surface area contributed by atoms with Crippen LogP contribution in [0.25, 0.3) is 11.0 Å². The van der Waals surface area contributed by atoms with Gasteiger partial charge in [-0.3, -0.25) is 0 Å². The first-order valence-electron chi connectivity index (χ1n) is 5.76. The van der Waals surface area contributed by atoms with E-state index in [4.69, 9.17) is 0 Å². The van der Waals surface area contributed by atoms with Crippen LogP contribution >= 0.6 is 0 Å². The molecular formula is C13H17N3. The van der Waals surface area contributed by atoms with Gasteiger partial charge in [-0.25, -0.2) is 15.0 Å². The van der Waals surface area contributed by atoms with E-state index in [2.05, 4.69) is 41.8 Å². The zero-order valence-electron chi connectivity index (χ0n) is 10.3. The van der Waals surface area contributed by atoms with E-state index in [1.54, 1.807) is 0 Å². The van der Waals surface area contributed by atoms with Crippen molar-refractivity contribution in [1.29, 1.82) is 0 Å². The van der Waals surface area contributed by atoms with Crippen molar-refractivity contribution in [2.24, 2.45) is 0 Å². The average molecular weight is 215 g/mol. The van der Waals surface area contributed by atoms with E-state index in [9.17, 15) is 0 Å². The number of fused-ring (bicyclic) bond motifs is 1. The van der Waals surface area contributed by atoms with Gasteiger partial charge in [0.25, 0.3) is 0 Å². The maximum Gasteiger partial charge on any atom is 0.163 e. The SMILES string of the molecule is CCc1nc(C(C)C)nc2nc(C)ccc12. The van der Waals surface area contributed by atoms with E-state index in [0.29, 0.717) is 5.92 Å². The minimum absolute atomic E-state index is 0.344. The molecule has 3 nitrogen and oxygen atoms in total. The molecule has 2 heterocycles. The number of aryl methyl sites for hydroxylation is 2. The van der Waals surface area contributed by atoms with Gasteiger partial charge in [-0.1, -0.05) is 20.8 Å². The minimum Gasteiger partial charge on any atom is -0.237 e. The zero-order chi connectivity index (χ0) is 11.7. The normalized spacial score (nSPS) is 11.3. The maximum absolute atomic E-state index is 4.60. The summed E-state index contributed by atoms with van der Waals surface area (Å²) in [5.41, 5.74) is 2.93. The molecule has 0 bridgehead atoms. The van der Waals surface area contributed by atoms with Gasteiger partial charge in [0.05, 0.1) is 5.69 Å². The summed E-state index contributed by atoms with van der Waals surface area (Å²) in [6, 6.07) is 4.08. The number of aromatic nitrogens is 3. The van der Waals surface area contributed by atoms with Crippen LogP contribution in [0.5, 0.6) is 0 Å². The molecule has 2 aromatic heterocycles. The largest absolute Gasteiger partial charge is 0.237 e. The Balaban J connectivity index is 2.73. The smallest absolute Gasteiger partial charge is 0.163 e. The van der Waals surface area contributed by atoms with Crippen molar-refractivity contribution in [2.75, 3.05) is 0 Å². The lowest BCUT2D eigenvalue weighted by molar-refractivity contribution is 0.767. The molecule has 0 aliphatic heterocycles. The lowest BCUT2D eigenvalue weighted by Crippen LogP contribution is -2.03. The summed E-state index contributed by atoms with van der Waals surface area (Å²) < 4.78 is 0. The van der Waals surface area contributed by atoms with E-state index < -0.39 is 0 Å². The number of hydrogen-bond acceptors (Lipinski definition) is 3. The molecule has 0 saturated carbocycles. The highest BCUT2D eigenvalue weighted by molar-refractivity contribution is 5.77. The topological polar surface area (TPSA) is 38.7 Å². The van der Waals surface area contributed by atoms with Crippen LogP contribution in [0.15, 0.2) is 12.1 Å². The lowest BCUT2D eigenvalue weighted by atomic mass is 10.1. The van der Waals surface area contributed by atoms with E-state index in [1.807, 2.05) is 13.0 Å². The molecule has 0 radical (unpaired) electrons. The Hall–Kier alpha value is -1.51. The van der Waals surface area contributed by atoms with Crippen LogP contribution in [-0.2, 0) is 6.42 Å². The number of pyridine rings is 1. The molecule has 2 rings (SSSR count). The third-order valence-corrected chi connectivity index (χ3v) is 2.65. The average Bonchev–Trinajstić information content (AvgIpc) is 2.26. The van der Waals surface area contributed by atoms with Crippen molar-refractivity contribution in [3.05, 3.63) is 29.3 Å². The van der Waals surface area contributed by atoms with Crippen LogP contribution in [0, 0.1) is 6.92 Å². The van der Waals surface area contributed by atoms with Crippen molar-refractivity contribution >= 4 is 11.0 Å². The first kappa shape index (κ1) is 11.0. The third kappa shape index (κ3) is 1.90. The molecule has 0 aromatic carbocycles. The first-order valence-corrected chi connectivity index (χ1v) is 5.76. The highest BCUT2D eigenvalue weighted by atomic mass is 15.0. The van der Waals surface area contributed by atoms with Crippen molar-refractivity contribution in [2.45, 2.75) is 40.0 Å². The molecular weight excluding hydrogens is 198 g/mol. The highest BCUT2D eigenvalue weighted by Gasteiger charge is 2.09. The fourth-order valence-electron chi connectivity index (χ4n) is 1.71. The molecule has 16 heavy (non-hydrogen) atoms. The molecule has 0 N–H and O–H groups in total. The summed E-state index contributed by atoms with van der Waals surface area (Å²) in [6.45, 7) is 8.32. The molecule has 0 spiro atoms. The number of hydrogen-bond donors (Lipinski definition) is 0. The summed E-state index contributed by atoms with van der Waals surface area (Å²) in [6.07, 6.45) is 0.920. The highest BCUT2D eigenvalue weighted by Crippen LogP contribution is 2.18. The Morgan fingerprint density at radius 1 is 1.12 bits per heavy atom. The molecule has 3 heteroatoms. The van der Waals surface area contributed by atoms with Gasteiger partial charge in [0.2, 0.25) is 0 Å². The molecule has 0 amide bonds. The maximum atomic E-state index is 4.60. The number of nitrogens with zero attached hydrogens (tertiary/aromatic N) is 3. The van der Waals surface area contributed by atoms with Crippen LogP contribution in [-0.4, -0.2) is 15.0 Å². The van der Waals surface area contributed by atoms with Crippen LogP contribution in [0.1, 0.15) is 43.9 Å². The second kappa shape index (κ2) is 4.16. The van der Waals surface area contributed by atoms with E-state index in [-0.39, 0.29) is 0 Å². The minimum atomic E-state index is 0.344. The van der Waals surface area contributed by atoms with E-state index in [1.165, 1.54) is 0 Å². The third-order valence-electron chi connectivity index (χ3n) is 2.65. The van der Waals surface area contributed by atoms with Gasteiger partial charge in [0, 0.05) is 17.0 Å². The summed E-state index contributed by atoms with van der Waals surface area (Å²) in [7, 11) is 0. The molecule has 0 atom stereocenters. The van der Waals surface area contributed by atoms with Crippen molar-refractivity contribution < 1.29 is 0 Å². The Morgan fingerprint density at radius 2 is 1.88 bits per heavy atom. The Bertz CT molecular complexity index is 518. The molecule has 0 saturated heterocycles. The van der Waals surface area contributed by atoms with Gasteiger partial charge in [-0.05, 0) is 25.5 Å². The van der Waals surface area contributed by atoms with Gasteiger partial charge in [-0.2, -0.15) is 0 Å². The molecule has 0 unspecified atom stereocenters. The monoisotopic (exact) mass is 215 g/mol.